The van der Waals surface area contributed by atoms with Gasteiger partial charge in [-0.3, -0.25) is 4.79 Å². The van der Waals surface area contributed by atoms with E-state index in [0.717, 1.165) is 16.2 Å². The van der Waals surface area contributed by atoms with E-state index in [0.29, 0.717) is 23.3 Å². The lowest BCUT2D eigenvalue weighted by molar-refractivity contribution is -0.111. The van der Waals surface area contributed by atoms with Crippen LogP contribution in [0.2, 0.25) is 0 Å². The standard InChI is InChI=1S/C15H17NO4S/c1-15(2,3)6-5-11-9-12(16(10-18)7-8-17)13(21-11)14(19)20-4/h8-10H,7H2,1-4H3. The van der Waals surface area contributed by atoms with E-state index in [2.05, 4.69) is 11.8 Å². The number of methoxy groups -OCH3 is 1. The van der Waals surface area contributed by atoms with Crippen LogP contribution in [-0.4, -0.2) is 32.3 Å². The van der Waals surface area contributed by atoms with Crippen LogP contribution in [0, 0.1) is 17.3 Å². The van der Waals surface area contributed by atoms with Crippen molar-refractivity contribution in [1.82, 2.24) is 0 Å². The fourth-order valence-corrected chi connectivity index (χ4v) is 2.36. The van der Waals surface area contributed by atoms with E-state index < -0.39 is 5.97 Å². The second-order valence-corrected chi connectivity index (χ2v) is 6.29. The van der Waals surface area contributed by atoms with Gasteiger partial charge in [0.25, 0.3) is 0 Å². The van der Waals surface area contributed by atoms with Gasteiger partial charge in [0.1, 0.15) is 11.2 Å². The van der Waals surface area contributed by atoms with Crippen LogP contribution in [0.1, 0.15) is 35.3 Å². The zero-order chi connectivity index (χ0) is 16.0. The lowest BCUT2D eigenvalue weighted by Crippen LogP contribution is -2.24. The SMILES string of the molecule is COC(=O)c1sc(C#CC(C)(C)C)cc1N(C=O)CC=O. The molecule has 0 aliphatic heterocycles. The highest BCUT2D eigenvalue weighted by atomic mass is 32.1. The number of anilines is 1. The zero-order valence-electron chi connectivity index (χ0n) is 12.4. The zero-order valence-corrected chi connectivity index (χ0v) is 13.2. The van der Waals surface area contributed by atoms with Crippen molar-refractivity contribution >= 4 is 35.7 Å². The smallest absolute Gasteiger partial charge is 0.350 e. The second-order valence-electron chi connectivity index (χ2n) is 5.24. The molecule has 21 heavy (non-hydrogen) atoms. The molecule has 1 amide bonds. The fraction of sp³-hybridized carbons (Fsp3) is 0.400. The van der Waals surface area contributed by atoms with Gasteiger partial charge in [-0.1, -0.05) is 11.8 Å². The van der Waals surface area contributed by atoms with Crippen molar-refractivity contribution in [3.8, 4) is 11.8 Å². The first-order valence-corrected chi connectivity index (χ1v) is 7.05. The topological polar surface area (TPSA) is 63.7 Å². The minimum Gasteiger partial charge on any atom is -0.465 e. The molecular weight excluding hydrogens is 290 g/mol. The third kappa shape index (κ3) is 4.72. The molecule has 0 aliphatic carbocycles. The van der Waals surface area contributed by atoms with Crippen LogP contribution in [0.15, 0.2) is 6.07 Å². The van der Waals surface area contributed by atoms with E-state index in [1.807, 2.05) is 20.8 Å². The molecule has 0 aromatic carbocycles. The largest absolute Gasteiger partial charge is 0.465 e. The van der Waals surface area contributed by atoms with Gasteiger partial charge in [-0.05, 0) is 26.8 Å². The van der Waals surface area contributed by atoms with Crippen molar-refractivity contribution < 1.29 is 19.1 Å². The van der Waals surface area contributed by atoms with Gasteiger partial charge in [0, 0.05) is 5.41 Å². The van der Waals surface area contributed by atoms with Crippen molar-refractivity contribution in [2.75, 3.05) is 18.6 Å². The second kappa shape index (κ2) is 7.04. The Balaban J connectivity index is 3.29. The van der Waals surface area contributed by atoms with Crippen LogP contribution in [-0.2, 0) is 14.3 Å². The van der Waals surface area contributed by atoms with Gasteiger partial charge >= 0.3 is 5.97 Å². The Labute approximate surface area is 127 Å². The number of thiophene rings is 1. The number of carbonyl (C=O) groups is 3. The number of hydrogen-bond donors (Lipinski definition) is 0. The Kier molecular flexibility index (Phi) is 5.68. The summed E-state index contributed by atoms with van der Waals surface area (Å²) in [4.78, 5) is 35.5. The first-order chi connectivity index (χ1) is 9.82. The van der Waals surface area contributed by atoms with E-state index in [9.17, 15) is 14.4 Å². The van der Waals surface area contributed by atoms with Gasteiger partial charge in [-0.25, -0.2) is 4.79 Å². The number of ether oxygens (including phenoxy) is 1. The summed E-state index contributed by atoms with van der Waals surface area (Å²) in [5.74, 6) is 5.47. The van der Waals surface area contributed by atoms with Crippen molar-refractivity contribution in [2.24, 2.45) is 5.41 Å². The number of rotatable bonds is 5. The summed E-state index contributed by atoms with van der Waals surface area (Å²) in [5.41, 5.74) is 0.162. The Hall–Kier alpha value is -2.13. The molecule has 0 aliphatic rings. The number of aldehydes is 1. The molecule has 0 saturated carbocycles. The number of carbonyl (C=O) groups excluding carboxylic acids is 3. The Bertz CT molecular complexity index is 601. The maximum Gasteiger partial charge on any atom is 0.350 e. The average molecular weight is 307 g/mol. The minimum atomic E-state index is -0.559. The maximum atomic E-state index is 11.8. The predicted octanol–water partition coefficient (Wildman–Crippen LogP) is 2.09. The molecule has 0 atom stereocenters. The molecule has 1 heterocycles. The summed E-state index contributed by atoms with van der Waals surface area (Å²) >= 11 is 1.14. The first-order valence-electron chi connectivity index (χ1n) is 6.23. The minimum absolute atomic E-state index is 0.129. The quantitative estimate of drug-likeness (QED) is 0.475. The molecule has 0 spiro atoms. The molecule has 1 aromatic rings. The van der Waals surface area contributed by atoms with Gasteiger partial charge in [0.15, 0.2) is 0 Å². The summed E-state index contributed by atoms with van der Waals surface area (Å²) in [6.45, 7) is 5.79. The maximum absolute atomic E-state index is 11.8. The molecule has 1 rings (SSSR count). The van der Waals surface area contributed by atoms with E-state index in [-0.39, 0.29) is 16.8 Å². The average Bonchev–Trinajstić information content (AvgIpc) is 2.85. The number of nitrogens with zero attached hydrogens (tertiary/aromatic N) is 1. The number of esters is 1. The third-order valence-electron chi connectivity index (χ3n) is 2.35. The van der Waals surface area contributed by atoms with E-state index >= 15 is 0 Å². The molecule has 5 nitrogen and oxygen atoms in total. The molecule has 6 heteroatoms. The van der Waals surface area contributed by atoms with E-state index in [4.69, 9.17) is 4.74 Å². The summed E-state index contributed by atoms with van der Waals surface area (Å²) in [7, 11) is 1.26. The highest BCUT2D eigenvalue weighted by molar-refractivity contribution is 7.15. The normalized spacial score (nSPS) is 10.3. The van der Waals surface area contributed by atoms with Crippen LogP contribution in [0.3, 0.4) is 0 Å². The van der Waals surface area contributed by atoms with Gasteiger partial charge in [-0.15, -0.1) is 11.3 Å². The van der Waals surface area contributed by atoms with Gasteiger partial charge in [0.2, 0.25) is 6.41 Å². The molecule has 0 fully saturated rings. The molecule has 0 radical (unpaired) electrons. The molecule has 112 valence electrons. The van der Waals surface area contributed by atoms with Crippen LogP contribution in [0.25, 0.3) is 0 Å². The highest BCUT2D eigenvalue weighted by Crippen LogP contribution is 2.30. The number of hydrogen-bond acceptors (Lipinski definition) is 5. The first kappa shape index (κ1) is 16.9. The lowest BCUT2D eigenvalue weighted by atomic mass is 9.98. The van der Waals surface area contributed by atoms with E-state index in [1.165, 1.54) is 7.11 Å². The van der Waals surface area contributed by atoms with Crippen molar-refractivity contribution in [3.05, 3.63) is 15.8 Å². The third-order valence-corrected chi connectivity index (χ3v) is 3.37. The van der Waals surface area contributed by atoms with Crippen LogP contribution in [0.4, 0.5) is 5.69 Å². The number of amides is 1. The Morgan fingerprint density at radius 3 is 2.57 bits per heavy atom. The molecule has 1 aromatic heterocycles. The van der Waals surface area contributed by atoms with Crippen LogP contribution >= 0.6 is 11.3 Å². The summed E-state index contributed by atoms with van der Waals surface area (Å²) in [6.07, 6.45) is 1.09. The summed E-state index contributed by atoms with van der Waals surface area (Å²) < 4.78 is 4.70. The van der Waals surface area contributed by atoms with Gasteiger partial charge < -0.3 is 14.4 Å². The van der Waals surface area contributed by atoms with Gasteiger partial charge in [-0.2, -0.15) is 0 Å². The van der Waals surface area contributed by atoms with Crippen molar-refractivity contribution in [3.63, 3.8) is 0 Å². The highest BCUT2D eigenvalue weighted by Gasteiger charge is 2.21. The molecule has 0 N–H and O–H groups in total. The molecular formula is C15H17NO4S. The summed E-state index contributed by atoms with van der Waals surface area (Å²) in [5, 5.41) is 0. The van der Waals surface area contributed by atoms with Crippen LogP contribution in [0.5, 0.6) is 0 Å². The van der Waals surface area contributed by atoms with Crippen molar-refractivity contribution in [2.45, 2.75) is 20.8 Å². The monoisotopic (exact) mass is 307 g/mol. The van der Waals surface area contributed by atoms with Crippen LogP contribution < -0.4 is 4.90 Å². The Morgan fingerprint density at radius 1 is 1.43 bits per heavy atom. The predicted molar refractivity (Wildman–Crippen MR) is 81.5 cm³/mol. The van der Waals surface area contributed by atoms with E-state index in [1.54, 1.807) is 6.07 Å². The molecule has 0 bridgehead atoms. The fourth-order valence-electron chi connectivity index (χ4n) is 1.42. The molecule has 0 unspecified atom stereocenters. The Morgan fingerprint density at radius 2 is 2.10 bits per heavy atom. The van der Waals surface area contributed by atoms with Crippen molar-refractivity contribution in [1.29, 1.82) is 0 Å². The lowest BCUT2D eigenvalue weighted by Gasteiger charge is -2.13. The van der Waals surface area contributed by atoms with Gasteiger partial charge in [0.05, 0.1) is 24.2 Å². The molecule has 0 saturated heterocycles. The summed E-state index contributed by atoms with van der Waals surface area (Å²) in [6, 6.07) is 1.62.